The van der Waals surface area contributed by atoms with Gasteiger partial charge in [0, 0.05) is 22.1 Å². The Morgan fingerprint density at radius 1 is 1.19 bits per heavy atom. The number of hydrogen-bond donors (Lipinski definition) is 3. The van der Waals surface area contributed by atoms with Crippen LogP contribution in [-0.4, -0.2) is 39.9 Å². The van der Waals surface area contributed by atoms with Crippen LogP contribution in [-0.2, 0) is 14.4 Å². The first-order valence-corrected chi connectivity index (χ1v) is 7.37. The number of aliphatic carboxylic acids is 2. The molecule has 0 aromatic heterocycles. The molecule has 0 fully saturated rings. The maximum absolute atomic E-state index is 11.6. The smallest absolute Gasteiger partial charge is 0.326 e. The molecule has 0 aliphatic carbocycles. The lowest BCUT2D eigenvalue weighted by Gasteiger charge is -2.12. The summed E-state index contributed by atoms with van der Waals surface area (Å²) in [5.74, 6) is -2.69. The van der Waals surface area contributed by atoms with Crippen LogP contribution in [0.5, 0.6) is 0 Å². The molecule has 3 N–H and O–H groups in total. The van der Waals surface area contributed by atoms with Crippen LogP contribution in [0.4, 0.5) is 0 Å². The van der Waals surface area contributed by atoms with Crippen molar-refractivity contribution in [1.29, 1.82) is 0 Å². The van der Waals surface area contributed by atoms with E-state index in [0.29, 0.717) is 10.8 Å². The Morgan fingerprint density at radius 3 is 2.33 bits per heavy atom. The average Bonchev–Trinajstić information content (AvgIpc) is 2.39. The molecule has 0 aliphatic rings. The van der Waals surface area contributed by atoms with Gasteiger partial charge in [-0.05, 0) is 24.3 Å². The van der Waals surface area contributed by atoms with Gasteiger partial charge in [0.05, 0.1) is 6.42 Å². The number of carbonyl (C=O) groups excluding carboxylic acids is 1. The molecular formula is C13H14ClNO5S. The minimum absolute atomic E-state index is 0.0939. The molecule has 0 heterocycles. The average molecular weight is 332 g/mol. The van der Waals surface area contributed by atoms with Crippen molar-refractivity contribution in [1.82, 2.24) is 5.32 Å². The number of nitrogens with one attached hydrogen (secondary N) is 1. The van der Waals surface area contributed by atoms with Crippen LogP contribution in [0, 0.1) is 0 Å². The van der Waals surface area contributed by atoms with Crippen LogP contribution in [0.3, 0.4) is 0 Å². The number of carboxylic acid groups (broad SMARTS) is 2. The number of rotatable bonds is 8. The molecule has 0 spiro atoms. The zero-order valence-electron chi connectivity index (χ0n) is 10.9. The molecule has 8 heteroatoms. The second-order valence-corrected chi connectivity index (χ2v) is 5.71. The molecule has 0 saturated carbocycles. The number of halogens is 1. The fourth-order valence-corrected chi connectivity index (χ4v) is 2.41. The summed E-state index contributed by atoms with van der Waals surface area (Å²) in [5, 5.41) is 20.2. The van der Waals surface area contributed by atoms with Crippen LogP contribution in [0.15, 0.2) is 29.2 Å². The summed E-state index contributed by atoms with van der Waals surface area (Å²) in [6.45, 7) is 0. The summed E-state index contributed by atoms with van der Waals surface area (Å²) < 4.78 is 0. The summed E-state index contributed by atoms with van der Waals surface area (Å²) in [7, 11) is 0. The van der Waals surface area contributed by atoms with E-state index in [1.807, 2.05) is 12.1 Å². The predicted octanol–water partition coefficient (Wildman–Crippen LogP) is 1.87. The molecule has 0 aliphatic heterocycles. The first-order chi connectivity index (χ1) is 9.88. The maximum atomic E-state index is 11.6. The Labute approximate surface area is 130 Å². The van der Waals surface area contributed by atoms with E-state index in [1.165, 1.54) is 11.8 Å². The number of carbonyl (C=O) groups is 3. The van der Waals surface area contributed by atoms with Crippen molar-refractivity contribution in [3.8, 4) is 0 Å². The standard InChI is InChI=1S/C13H14ClNO5S/c14-8-1-3-9(4-2-8)21-6-5-11(16)15-10(13(19)20)7-12(17)18/h1-4,10H,5-7H2,(H,15,16)(H,17,18)(H,19,20)/t10-/m1/s1. The van der Waals surface area contributed by atoms with Gasteiger partial charge in [-0.15, -0.1) is 11.8 Å². The predicted molar refractivity (Wildman–Crippen MR) is 78.6 cm³/mol. The van der Waals surface area contributed by atoms with E-state index in [0.717, 1.165) is 4.90 Å². The van der Waals surface area contributed by atoms with Gasteiger partial charge in [-0.3, -0.25) is 9.59 Å². The monoisotopic (exact) mass is 331 g/mol. The second kappa shape index (κ2) is 8.53. The lowest BCUT2D eigenvalue weighted by atomic mass is 10.2. The van der Waals surface area contributed by atoms with Gasteiger partial charge in [0.2, 0.25) is 5.91 Å². The first kappa shape index (κ1) is 17.3. The summed E-state index contributed by atoms with van der Waals surface area (Å²) in [5.41, 5.74) is 0. The van der Waals surface area contributed by atoms with E-state index in [1.54, 1.807) is 12.1 Å². The lowest BCUT2D eigenvalue weighted by Crippen LogP contribution is -2.42. The van der Waals surface area contributed by atoms with Gasteiger partial charge in [-0.2, -0.15) is 0 Å². The molecular weight excluding hydrogens is 318 g/mol. The van der Waals surface area contributed by atoms with Gasteiger partial charge in [0.15, 0.2) is 0 Å². The highest BCUT2D eigenvalue weighted by Gasteiger charge is 2.22. The number of hydrogen-bond acceptors (Lipinski definition) is 4. The van der Waals surface area contributed by atoms with Crippen molar-refractivity contribution < 1.29 is 24.6 Å². The van der Waals surface area contributed by atoms with E-state index in [9.17, 15) is 14.4 Å². The number of thioether (sulfide) groups is 1. The third-order valence-corrected chi connectivity index (χ3v) is 3.69. The van der Waals surface area contributed by atoms with E-state index in [2.05, 4.69) is 5.32 Å². The lowest BCUT2D eigenvalue weighted by molar-refractivity contribution is -0.147. The van der Waals surface area contributed by atoms with E-state index >= 15 is 0 Å². The van der Waals surface area contributed by atoms with Gasteiger partial charge >= 0.3 is 11.9 Å². The van der Waals surface area contributed by atoms with Gasteiger partial charge in [0.25, 0.3) is 0 Å². The Kier molecular flexibility index (Phi) is 7.04. The number of amides is 1. The van der Waals surface area contributed by atoms with Crippen LogP contribution in [0.2, 0.25) is 5.02 Å². The van der Waals surface area contributed by atoms with Gasteiger partial charge in [-0.25, -0.2) is 4.79 Å². The van der Waals surface area contributed by atoms with E-state index < -0.39 is 30.3 Å². The fraction of sp³-hybridized carbons (Fsp3) is 0.308. The van der Waals surface area contributed by atoms with Gasteiger partial charge in [-0.1, -0.05) is 11.6 Å². The van der Waals surface area contributed by atoms with Crippen molar-refractivity contribution in [3.05, 3.63) is 29.3 Å². The summed E-state index contributed by atoms with van der Waals surface area (Å²) in [6.07, 6.45) is -0.553. The highest BCUT2D eigenvalue weighted by molar-refractivity contribution is 7.99. The molecule has 0 unspecified atom stereocenters. The number of carboxylic acids is 2. The molecule has 0 radical (unpaired) electrons. The van der Waals surface area contributed by atoms with Crippen molar-refractivity contribution >= 4 is 41.2 Å². The van der Waals surface area contributed by atoms with Crippen LogP contribution < -0.4 is 5.32 Å². The molecule has 0 bridgehead atoms. The summed E-state index contributed by atoms with van der Waals surface area (Å²) in [4.78, 5) is 33.8. The van der Waals surface area contributed by atoms with Crippen LogP contribution >= 0.6 is 23.4 Å². The van der Waals surface area contributed by atoms with E-state index in [-0.39, 0.29) is 6.42 Å². The van der Waals surface area contributed by atoms with Gasteiger partial charge < -0.3 is 15.5 Å². The Bertz CT molecular complexity index is 520. The van der Waals surface area contributed by atoms with Crippen molar-refractivity contribution in [2.45, 2.75) is 23.8 Å². The quantitative estimate of drug-likeness (QED) is 0.628. The molecule has 1 aromatic carbocycles. The highest BCUT2D eigenvalue weighted by atomic mass is 35.5. The molecule has 1 atom stereocenters. The van der Waals surface area contributed by atoms with Gasteiger partial charge in [0.1, 0.15) is 6.04 Å². The first-order valence-electron chi connectivity index (χ1n) is 6.01. The van der Waals surface area contributed by atoms with Crippen molar-refractivity contribution in [2.24, 2.45) is 0 Å². The minimum atomic E-state index is -1.41. The van der Waals surface area contributed by atoms with Crippen LogP contribution in [0.25, 0.3) is 0 Å². The maximum Gasteiger partial charge on any atom is 0.326 e. The summed E-state index contributed by atoms with van der Waals surface area (Å²) in [6, 6.07) is 5.69. The molecule has 1 amide bonds. The third kappa shape index (κ3) is 7.01. The highest BCUT2D eigenvalue weighted by Crippen LogP contribution is 2.20. The van der Waals surface area contributed by atoms with Crippen molar-refractivity contribution in [2.75, 3.05) is 5.75 Å². The second-order valence-electron chi connectivity index (χ2n) is 4.11. The SMILES string of the molecule is O=C(O)C[C@@H](NC(=O)CCSc1ccc(Cl)cc1)C(=O)O. The zero-order valence-corrected chi connectivity index (χ0v) is 12.5. The molecule has 1 rings (SSSR count). The fourth-order valence-electron chi connectivity index (χ4n) is 1.43. The molecule has 21 heavy (non-hydrogen) atoms. The van der Waals surface area contributed by atoms with E-state index in [4.69, 9.17) is 21.8 Å². The van der Waals surface area contributed by atoms with Crippen molar-refractivity contribution in [3.63, 3.8) is 0 Å². The largest absolute Gasteiger partial charge is 0.481 e. The minimum Gasteiger partial charge on any atom is -0.481 e. The third-order valence-electron chi connectivity index (χ3n) is 2.42. The molecule has 1 aromatic rings. The number of benzene rings is 1. The topological polar surface area (TPSA) is 104 Å². The summed E-state index contributed by atoms with van der Waals surface area (Å²) >= 11 is 7.17. The zero-order chi connectivity index (χ0) is 15.8. The Balaban J connectivity index is 2.37. The van der Waals surface area contributed by atoms with Crippen LogP contribution in [0.1, 0.15) is 12.8 Å². The Hall–Kier alpha value is -1.73. The molecule has 6 nitrogen and oxygen atoms in total. The molecule has 0 saturated heterocycles. The molecule has 114 valence electrons. The normalized spacial score (nSPS) is 11.7. The Morgan fingerprint density at radius 2 is 1.81 bits per heavy atom.